The molecule has 2 N–H and O–H groups in total. The summed E-state index contributed by atoms with van der Waals surface area (Å²) in [5, 5.41) is 6.22. The van der Waals surface area contributed by atoms with Crippen molar-refractivity contribution >= 4 is 11.8 Å². The maximum Gasteiger partial charge on any atom is 0.242 e. The van der Waals surface area contributed by atoms with Crippen LogP contribution in [0.2, 0.25) is 0 Å². The molecule has 0 radical (unpaired) electrons. The average Bonchev–Trinajstić information content (AvgIpc) is 2.28. The summed E-state index contributed by atoms with van der Waals surface area (Å²) in [6.07, 6.45) is 1.78. The lowest BCUT2D eigenvalue weighted by atomic mass is 10.0. The first kappa shape index (κ1) is 17.0. The van der Waals surface area contributed by atoms with E-state index < -0.39 is 6.04 Å². The van der Waals surface area contributed by atoms with Crippen LogP contribution in [0.3, 0.4) is 0 Å². The number of nitrogens with zero attached hydrogens (tertiary/aromatic N) is 1. The van der Waals surface area contributed by atoms with Gasteiger partial charge < -0.3 is 15.5 Å². The molecule has 2 atom stereocenters. The highest BCUT2D eigenvalue weighted by molar-refractivity contribution is 5.90. The van der Waals surface area contributed by atoms with Crippen molar-refractivity contribution in [2.45, 2.75) is 78.0 Å². The molecule has 0 aromatic carbocycles. The molecule has 5 heteroatoms. The van der Waals surface area contributed by atoms with Gasteiger partial charge in [-0.2, -0.15) is 0 Å². The zero-order valence-corrected chi connectivity index (χ0v) is 13.6. The second-order valence-electron chi connectivity index (χ2n) is 6.96. The predicted octanol–water partition coefficient (Wildman–Crippen LogP) is 1.28. The highest BCUT2D eigenvalue weighted by Gasteiger charge is 2.34. The highest BCUT2D eigenvalue weighted by atomic mass is 16.2. The number of piperidine rings is 1. The molecule has 2 unspecified atom stereocenters. The monoisotopic (exact) mass is 283 g/mol. The zero-order valence-electron chi connectivity index (χ0n) is 13.6. The summed E-state index contributed by atoms with van der Waals surface area (Å²) in [4.78, 5) is 26.4. The molecule has 1 heterocycles. The Kier molecular flexibility index (Phi) is 5.57. The lowest BCUT2D eigenvalue weighted by molar-refractivity contribution is -0.144. The smallest absolute Gasteiger partial charge is 0.242 e. The molecule has 1 rings (SSSR count). The average molecular weight is 283 g/mol. The van der Waals surface area contributed by atoms with Crippen LogP contribution in [-0.2, 0) is 9.59 Å². The Morgan fingerprint density at radius 3 is 2.40 bits per heavy atom. The van der Waals surface area contributed by atoms with Gasteiger partial charge in [0, 0.05) is 18.1 Å². The van der Waals surface area contributed by atoms with Gasteiger partial charge in [-0.25, -0.2) is 0 Å². The van der Waals surface area contributed by atoms with Crippen LogP contribution in [-0.4, -0.2) is 46.9 Å². The second-order valence-corrected chi connectivity index (χ2v) is 6.96. The maximum atomic E-state index is 12.5. The highest BCUT2D eigenvalue weighted by Crippen LogP contribution is 2.16. The molecule has 1 aliphatic heterocycles. The van der Waals surface area contributed by atoms with Gasteiger partial charge in [-0.15, -0.1) is 0 Å². The van der Waals surface area contributed by atoms with E-state index in [1.165, 1.54) is 0 Å². The quantitative estimate of drug-likeness (QED) is 0.817. The molecule has 116 valence electrons. The van der Waals surface area contributed by atoms with E-state index in [2.05, 4.69) is 10.6 Å². The van der Waals surface area contributed by atoms with Crippen molar-refractivity contribution in [3.05, 3.63) is 0 Å². The standard InChI is InChI=1S/C15H29N3O2/c1-10(2)16-12-8-7-9-18(14(12)20)11(3)13(19)17-15(4,5)6/h10-12,16H,7-9H2,1-6H3,(H,17,19). The molecular weight excluding hydrogens is 254 g/mol. The number of nitrogens with one attached hydrogen (secondary N) is 2. The molecule has 2 amide bonds. The van der Waals surface area contributed by atoms with Crippen LogP contribution in [0.25, 0.3) is 0 Å². The molecule has 20 heavy (non-hydrogen) atoms. The first-order valence-corrected chi connectivity index (χ1v) is 7.50. The molecule has 0 aliphatic carbocycles. The van der Waals surface area contributed by atoms with Gasteiger partial charge in [0.05, 0.1) is 6.04 Å². The van der Waals surface area contributed by atoms with E-state index in [0.29, 0.717) is 6.54 Å². The number of amides is 2. The van der Waals surface area contributed by atoms with E-state index in [0.717, 1.165) is 12.8 Å². The van der Waals surface area contributed by atoms with Crippen molar-refractivity contribution in [3.8, 4) is 0 Å². The first-order chi connectivity index (χ1) is 9.11. The van der Waals surface area contributed by atoms with E-state index in [1.807, 2.05) is 34.6 Å². The van der Waals surface area contributed by atoms with E-state index in [9.17, 15) is 9.59 Å². The van der Waals surface area contributed by atoms with Crippen molar-refractivity contribution in [2.24, 2.45) is 0 Å². The number of carbonyl (C=O) groups excluding carboxylic acids is 2. The van der Waals surface area contributed by atoms with Crippen molar-refractivity contribution < 1.29 is 9.59 Å². The van der Waals surface area contributed by atoms with Crippen LogP contribution >= 0.6 is 0 Å². The third kappa shape index (κ3) is 4.78. The normalized spacial score (nSPS) is 22.1. The Balaban J connectivity index is 2.69. The Morgan fingerprint density at radius 1 is 1.30 bits per heavy atom. The third-order valence-electron chi connectivity index (χ3n) is 3.35. The fourth-order valence-corrected chi connectivity index (χ4v) is 2.46. The molecule has 0 saturated carbocycles. The second kappa shape index (κ2) is 6.57. The summed E-state index contributed by atoms with van der Waals surface area (Å²) < 4.78 is 0. The maximum absolute atomic E-state index is 12.5. The molecule has 0 bridgehead atoms. The van der Waals surface area contributed by atoms with Crippen LogP contribution in [0.5, 0.6) is 0 Å². The molecular formula is C15H29N3O2. The van der Waals surface area contributed by atoms with E-state index in [4.69, 9.17) is 0 Å². The lowest BCUT2D eigenvalue weighted by Crippen LogP contribution is -2.59. The van der Waals surface area contributed by atoms with E-state index in [1.54, 1.807) is 11.8 Å². The van der Waals surface area contributed by atoms with Gasteiger partial charge in [-0.3, -0.25) is 9.59 Å². The summed E-state index contributed by atoms with van der Waals surface area (Å²) in [7, 11) is 0. The largest absolute Gasteiger partial charge is 0.350 e. The van der Waals surface area contributed by atoms with Crippen molar-refractivity contribution in [1.82, 2.24) is 15.5 Å². The minimum absolute atomic E-state index is 0.0431. The summed E-state index contributed by atoms with van der Waals surface area (Å²) in [6.45, 7) is 12.4. The Hall–Kier alpha value is -1.10. The number of likely N-dealkylation sites (tertiary alicyclic amines) is 1. The Labute approximate surface area is 122 Å². The Morgan fingerprint density at radius 2 is 1.90 bits per heavy atom. The van der Waals surface area contributed by atoms with E-state index in [-0.39, 0.29) is 29.4 Å². The number of hydrogen-bond donors (Lipinski definition) is 2. The molecule has 5 nitrogen and oxygen atoms in total. The predicted molar refractivity (Wildman–Crippen MR) is 80.4 cm³/mol. The molecule has 1 saturated heterocycles. The molecule has 1 fully saturated rings. The number of carbonyl (C=O) groups is 2. The van der Waals surface area contributed by atoms with Gasteiger partial charge in [0.2, 0.25) is 11.8 Å². The topological polar surface area (TPSA) is 61.4 Å². The van der Waals surface area contributed by atoms with E-state index >= 15 is 0 Å². The fraction of sp³-hybridized carbons (Fsp3) is 0.867. The summed E-state index contributed by atoms with van der Waals surface area (Å²) in [5.41, 5.74) is -0.278. The van der Waals surface area contributed by atoms with Gasteiger partial charge in [-0.1, -0.05) is 13.8 Å². The lowest BCUT2D eigenvalue weighted by Gasteiger charge is -2.37. The van der Waals surface area contributed by atoms with Crippen molar-refractivity contribution in [1.29, 1.82) is 0 Å². The summed E-state index contributed by atoms with van der Waals surface area (Å²) >= 11 is 0. The van der Waals surface area contributed by atoms with Crippen LogP contribution in [0.15, 0.2) is 0 Å². The van der Waals surface area contributed by atoms with Gasteiger partial charge in [-0.05, 0) is 40.5 Å². The van der Waals surface area contributed by atoms with Gasteiger partial charge in [0.25, 0.3) is 0 Å². The number of hydrogen-bond acceptors (Lipinski definition) is 3. The van der Waals surface area contributed by atoms with Crippen molar-refractivity contribution in [3.63, 3.8) is 0 Å². The summed E-state index contributed by atoms with van der Waals surface area (Å²) in [6, 6.07) is -0.310. The van der Waals surface area contributed by atoms with Crippen LogP contribution in [0.4, 0.5) is 0 Å². The molecule has 0 aromatic rings. The van der Waals surface area contributed by atoms with Crippen molar-refractivity contribution in [2.75, 3.05) is 6.54 Å². The fourth-order valence-electron chi connectivity index (χ4n) is 2.46. The van der Waals surface area contributed by atoms with Crippen LogP contribution < -0.4 is 10.6 Å². The Bertz CT molecular complexity index is 361. The molecule has 0 spiro atoms. The van der Waals surface area contributed by atoms with Gasteiger partial charge in [0.15, 0.2) is 0 Å². The zero-order chi connectivity index (χ0) is 15.5. The van der Waals surface area contributed by atoms with Crippen LogP contribution in [0.1, 0.15) is 54.4 Å². The minimum atomic E-state index is -0.418. The minimum Gasteiger partial charge on any atom is -0.350 e. The summed E-state index contributed by atoms with van der Waals surface area (Å²) in [5.74, 6) is -0.0439. The van der Waals surface area contributed by atoms with Gasteiger partial charge >= 0.3 is 0 Å². The SMILES string of the molecule is CC(C)NC1CCCN(C(C)C(=O)NC(C)(C)C)C1=O. The van der Waals surface area contributed by atoms with Crippen LogP contribution in [0, 0.1) is 0 Å². The third-order valence-corrected chi connectivity index (χ3v) is 3.35. The first-order valence-electron chi connectivity index (χ1n) is 7.50. The number of rotatable bonds is 4. The van der Waals surface area contributed by atoms with Gasteiger partial charge in [0.1, 0.15) is 6.04 Å². The molecule has 0 aromatic heterocycles. The molecule has 1 aliphatic rings.